The van der Waals surface area contributed by atoms with Gasteiger partial charge in [0.05, 0.1) is 17.7 Å². The van der Waals surface area contributed by atoms with E-state index in [1.807, 2.05) is 24.0 Å². The Morgan fingerprint density at radius 2 is 1.45 bits per heavy atom. The maximum atomic E-state index is 13.0. The van der Waals surface area contributed by atoms with Gasteiger partial charge in [-0.3, -0.25) is 14.5 Å². The topological polar surface area (TPSA) is 43.9 Å². The Labute approximate surface area is 176 Å². The molecule has 2 amide bonds. The van der Waals surface area contributed by atoms with Gasteiger partial charge in [0.15, 0.2) is 0 Å². The van der Waals surface area contributed by atoms with Gasteiger partial charge in [0, 0.05) is 26.2 Å². The summed E-state index contributed by atoms with van der Waals surface area (Å²) in [7, 11) is 0. The van der Waals surface area contributed by atoms with Gasteiger partial charge in [-0.25, -0.2) is 0 Å². The van der Waals surface area contributed by atoms with Crippen LogP contribution in [0.5, 0.6) is 0 Å². The van der Waals surface area contributed by atoms with Crippen LogP contribution in [0.1, 0.15) is 24.1 Å². The van der Waals surface area contributed by atoms with Gasteiger partial charge in [0.1, 0.15) is 6.04 Å². The van der Waals surface area contributed by atoms with Crippen molar-refractivity contribution in [3.63, 3.8) is 0 Å². The second-order valence-corrected chi connectivity index (χ2v) is 8.56. The molecule has 6 heteroatoms. The molecule has 2 fully saturated rings. The Kier molecular flexibility index (Phi) is 6.21. The quantitative estimate of drug-likeness (QED) is 0.762. The molecule has 4 rings (SSSR count). The van der Waals surface area contributed by atoms with E-state index in [0.29, 0.717) is 24.7 Å². The van der Waals surface area contributed by atoms with E-state index in [4.69, 9.17) is 0 Å². The van der Waals surface area contributed by atoms with Crippen molar-refractivity contribution in [2.24, 2.45) is 0 Å². The van der Waals surface area contributed by atoms with Crippen molar-refractivity contribution >= 4 is 23.6 Å². The van der Waals surface area contributed by atoms with E-state index < -0.39 is 0 Å². The third-order valence-corrected chi connectivity index (χ3v) is 6.73. The van der Waals surface area contributed by atoms with Crippen molar-refractivity contribution in [1.29, 1.82) is 0 Å². The normalized spacial score (nSPS) is 19.0. The first kappa shape index (κ1) is 20.0. The Morgan fingerprint density at radius 1 is 0.897 bits per heavy atom. The molecule has 0 spiro atoms. The second kappa shape index (κ2) is 9.01. The van der Waals surface area contributed by atoms with Gasteiger partial charge in [-0.05, 0) is 18.1 Å². The summed E-state index contributed by atoms with van der Waals surface area (Å²) in [5, 5.41) is 0. The van der Waals surface area contributed by atoms with Crippen LogP contribution < -0.4 is 0 Å². The van der Waals surface area contributed by atoms with Crippen LogP contribution in [-0.2, 0) is 9.59 Å². The highest BCUT2D eigenvalue weighted by molar-refractivity contribution is 8.00. The number of carbonyl (C=O) groups excluding carboxylic acids is 2. The molecule has 0 N–H and O–H groups in total. The highest BCUT2D eigenvalue weighted by Crippen LogP contribution is 2.29. The first-order valence-electron chi connectivity index (χ1n) is 10.1. The van der Waals surface area contributed by atoms with E-state index in [9.17, 15) is 9.59 Å². The zero-order chi connectivity index (χ0) is 20.2. The maximum Gasteiger partial charge on any atom is 0.245 e. The SMILES string of the molecule is CC(C(=O)N1CCN(C(c2ccccc2)c2ccccc2)CC1)N1CSCC1=O. The monoisotopic (exact) mass is 409 g/mol. The fraction of sp³-hybridized carbons (Fsp3) is 0.391. The van der Waals surface area contributed by atoms with Gasteiger partial charge in [-0.15, -0.1) is 11.8 Å². The largest absolute Gasteiger partial charge is 0.338 e. The molecule has 152 valence electrons. The van der Waals surface area contributed by atoms with E-state index in [0.717, 1.165) is 13.1 Å². The average molecular weight is 410 g/mol. The number of thioether (sulfide) groups is 1. The Balaban J connectivity index is 1.45. The Hall–Kier alpha value is -2.31. The van der Waals surface area contributed by atoms with E-state index >= 15 is 0 Å². The minimum Gasteiger partial charge on any atom is -0.338 e. The molecule has 2 saturated heterocycles. The van der Waals surface area contributed by atoms with Crippen LogP contribution in [0.15, 0.2) is 60.7 Å². The zero-order valence-corrected chi connectivity index (χ0v) is 17.6. The molecule has 1 unspecified atom stereocenters. The van der Waals surface area contributed by atoms with Gasteiger partial charge in [0.25, 0.3) is 0 Å². The molecule has 0 radical (unpaired) electrons. The minimum absolute atomic E-state index is 0.0662. The number of amides is 2. The molecule has 0 aromatic heterocycles. The molecule has 2 aromatic rings. The molecule has 0 bridgehead atoms. The molecule has 5 nitrogen and oxygen atoms in total. The fourth-order valence-corrected chi connectivity index (χ4v) is 5.19. The van der Waals surface area contributed by atoms with Gasteiger partial charge in [0.2, 0.25) is 11.8 Å². The smallest absolute Gasteiger partial charge is 0.245 e. The van der Waals surface area contributed by atoms with Crippen molar-refractivity contribution in [1.82, 2.24) is 14.7 Å². The van der Waals surface area contributed by atoms with Crippen LogP contribution in [-0.4, -0.2) is 70.4 Å². The van der Waals surface area contributed by atoms with Crippen LogP contribution in [0.25, 0.3) is 0 Å². The summed E-state index contributed by atoms with van der Waals surface area (Å²) in [6.45, 7) is 4.86. The van der Waals surface area contributed by atoms with Gasteiger partial charge in [-0.2, -0.15) is 0 Å². The number of rotatable bonds is 5. The van der Waals surface area contributed by atoms with Crippen LogP contribution >= 0.6 is 11.8 Å². The standard InChI is InChI=1S/C23H27N3O2S/c1-18(26-17-29-16-21(26)27)23(28)25-14-12-24(13-15-25)22(19-8-4-2-5-9-19)20-10-6-3-7-11-20/h2-11,18,22H,12-17H2,1H3. The minimum atomic E-state index is -0.372. The number of benzene rings is 2. The van der Waals surface area contributed by atoms with Gasteiger partial charge >= 0.3 is 0 Å². The molecule has 29 heavy (non-hydrogen) atoms. The summed E-state index contributed by atoms with van der Waals surface area (Å²) in [5.41, 5.74) is 2.54. The lowest BCUT2D eigenvalue weighted by molar-refractivity contribution is -0.143. The highest BCUT2D eigenvalue weighted by Gasteiger charge is 2.34. The summed E-state index contributed by atoms with van der Waals surface area (Å²) in [5.74, 6) is 1.25. The van der Waals surface area contributed by atoms with Crippen LogP contribution in [0.3, 0.4) is 0 Å². The Morgan fingerprint density at radius 3 is 1.93 bits per heavy atom. The van der Waals surface area contributed by atoms with Crippen LogP contribution in [0, 0.1) is 0 Å². The van der Waals surface area contributed by atoms with Crippen molar-refractivity contribution in [2.45, 2.75) is 19.0 Å². The van der Waals surface area contributed by atoms with Gasteiger partial charge < -0.3 is 9.80 Å². The maximum absolute atomic E-state index is 13.0. The second-order valence-electron chi connectivity index (χ2n) is 7.60. The number of nitrogens with zero attached hydrogens (tertiary/aromatic N) is 3. The van der Waals surface area contributed by atoms with E-state index in [1.165, 1.54) is 11.1 Å². The zero-order valence-electron chi connectivity index (χ0n) is 16.7. The number of hydrogen-bond donors (Lipinski definition) is 0. The summed E-state index contributed by atoms with van der Waals surface area (Å²) < 4.78 is 0. The first-order valence-corrected chi connectivity index (χ1v) is 11.3. The van der Waals surface area contributed by atoms with Crippen molar-refractivity contribution < 1.29 is 9.59 Å². The fourth-order valence-electron chi connectivity index (χ4n) is 4.20. The molecule has 1 atom stereocenters. The molecule has 0 aliphatic carbocycles. The predicted molar refractivity (Wildman–Crippen MR) is 117 cm³/mol. The third-order valence-electron chi connectivity index (χ3n) is 5.82. The number of carbonyl (C=O) groups is 2. The highest BCUT2D eigenvalue weighted by atomic mass is 32.2. The van der Waals surface area contributed by atoms with Crippen molar-refractivity contribution in [3.05, 3.63) is 71.8 Å². The number of piperazine rings is 1. The lowest BCUT2D eigenvalue weighted by atomic mass is 9.96. The lowest BCUT2D eigenvalue weighted by Crippen LogP contribution is -2.55. The molecule has 0 saturated carbocycles. The first-order chi connectivity index (χ1) is 14.1. The van der Waals surface area contributed by atoms with E-state index in [-0.39, 0.29) is 23.9 Å². The molecular weight excluding hydrogens is 382 g/mol. The lowest BCUT2D eigenvalue weighted by Gasteiger charge is -2.41. The molecule has 2 aliphatic heterocycles. The molecule has 2 aromatic carbocycles. The van der Waals surface area contributed by atoms with E-state index in [1.54, 1.807) is 16.7 Å². The summed E-state index contributed by atoms with van der Waals surface area (Å²) >= 11 is 1.58. The summed E-state index contributed by atoms with van der Waals surface area (Å²) in [4.78, 5) is 31.0. The molecule has 2 heterocycles. The Bertz CT molecular complexity index is 798. The third kappa shape index (κ3) is 4.33. The van der Waals surface area contributed by atoms with Crippen molar-refractivity contribution in [2.75, 3.05) is 37.8 Å². The van der Waals surface area contributed by atoms with Crippen LogP contribution in [0.2, 0.25) is 0 Å². The van der Waals surface area contributed by atoms with Gasteiger partial charge in [-0.1, -0.05) is 60.7 Å². The number of hydrogen-bond acceptors (Lipinski definition) is 4. The van der Waals surface area contributed by atoms with Crippen molar-refractivity contribution in [3.8, 4) is 0 Å². The predicted octanol–water partition coefficient (Wildman–Crippen LogP) is 2.84. The molecular formula is C23H27N3O2S. The molecule has 2 aliphatic rings. The summed E-state index contributed by atoms with van der Waals surface area (Å²) in [6, 6.07) is 20.9. The van der Waals surface area contributed by atoms with Crippen LogP contribution in [0.4, 0.5) is 0 Å². The summed E-state index contributed by atoms with van der Waals surface area (Å²) in [6.07, 6.45) is 0. The average Bonchev–Trinajstić information content (AvgIpc) is 3.21. The van der Waals surface area contributed by atoms with E-state index in [2.05, 4.69) is 53.4 Å².